The van der Waals surface area contributed by atoms with Crippen LogP contribution < -0.4 is 5.32 Å². The van der Waals surface area contributed by atoms with Crippen molar-refractivity contribution in [3.63, 3.8) is 0 Å². The summed E-state index contributed by atoms with van der Waals surface area (Å²) >= 11 is 0. The molecule has 2 rings (SSSR count). The van der Waals surface area contributed by atoms with Crippen LogP contribution in [0.4, 0.5) is 0 Å². The first-order valence-corrected chi connectivity index (χ1v) is 8.10. The van der Waals surface area contributed by atoms with Crippen molar-refractivity contribution in [2.24, 2.45) is 5.41 Å². The summed E-state index contributed by atoms with van der Waals surface area (Å²) < 4.78 is 5.89. The van der Waals surface area contributed by atoms with E-state index in [4.69, 9.17) is 9.72 Å². The van der Waals surface area contributed by atoms with E-state index < -0.39 is 0 Å². The number of hydrogen-bond donors (Lipinski definition) is 1. The molecule has 0 atom stereocenters. The Labute approximate surface area is 128 Å². The van der Waals surface area contributed by atoms with Crippen molar-refractivity contribution in [1.82, 2.24) is 15.3 Å². The van der Waals surface area contributed by atoms with Gasteiger partial charge in [0.1, 0.15) is 5.60 Å². The smallest absolute Gasteiger partial charge is 0.160 e. The van der Waals surface area contributed by atoms with E-state index in [1.807, 2.05) is 12.3 Å². The molecular formula is C17H29N3O. The van der Waals surface area contributed by atoms with E-state index in [1.54, 1.807) is 7.11 Å². The van der Waals surface area contributed by atoms with E-state index in [1.165, 1.54) is 0 Å². The molecule has 0 radical (unpaired) electrons. The van der Waals surface area contributed by atoms with Crippen LogP contribution in [0.1, 0.15) is 64.4 Å². The topological polar surface area (TPSA) is 47.0 Å². The van der Waals surface area contributed by atoms with Crippen molar-refractivity contribution >= 4 is 0 Å². The minimum atomic E-state index is -0.295. The Balaban J connectivity index is 2.13. The summed E-state index contributed by atoms with van der Waals surface area (Å²) in [5.41, 5.74) is 1.16. The minimum Gasteiger partial charge on any atom is -0.370 e. The summed E-state index contributed by atoms with van der Waals surface area (Å²) in [4.78, 5) is 9.28. The predicted octanol–water partition coefficient (Wildman–Crippen LogP) is 3.42. The third kappa shape index (κ3) is 4.01. The zero-order valence-electron chi connectivity index (χ0n) is 13.9. The normalized spacial score (nSPS) is 20.4. The molecular weight excluding hydrogens is 262 g/mol. The van der Waals surface area contributed by atoms with Crippen molar-refractivity contribution < 1.29 is 4.74 Å². The van der Waals surface area contributed by atoms with Gasteiger partial charge in [-0.15, -0.1) is 0 Å². The quantitative estimate of drug-likeness (QED) is 0.816. The lowest BCUT2D eigenvalue weighted by molar-refractivity contribution is -0.0730. The third-order valence-corrected chi connectivity index (χ3v) is 4.66. The first-order valence-electron chi connectivity index (χ1n) is 8.10. The Bertz CT molecular complexity index is 449. The van der Waals surface area contributed by atoms with Crippen LogP contribution in [0.15, 0.2) is 12.3 Å². The van der Waals surface area contributed by atoms with Gasteiger partial charge in [0.05, 0.1) is 5.69 Å². The largest absolute Gasteiger partial charge is 0.370 e. The van der Waals surface area contributed by atoms with Crippen LogP contribution in [-0.4, -0.2) is 23.6 Å². The van der Waals surface area contributed by atoms with E-state index in [0.29, 0.717) is 5.41 Å². The predicted molar refractivity (Wildman–Crippen MR) is 85.0 cm³/mol. The average Bonchev–Trinajstić information content (AvgIpc) is 2.49. The third-order valence-electron chi connectivity index (χ3n) is 4.66. The SMILES string of the molecule is CCCNCc1ccnc(C2(OC)CCC(C)(C)CC2)n1. The maximum atomic E-state index is 5.89. The second-order valence-electron chi connectivity index (χ2n) is 6.91. The van der Waals surface area contributed by atoms with E-state index in [9.17, 15) is 0 Å². The molecule has 1 aliphatic rings. The van der Waals surface area contributed by atoms with E-state index in [-0.39, 0.29) is 5.60 Å². The van der Waals surface area contributed by atoms with Crippen LogP contribution in [0, 0.1) is 5.41 Å². The molecule has 1 heterocycles. The van der Waals surface area contributed by atoms with Crippen LogP contribution in [0.5, 0.6) is 0 Å². The lowest BCUT2D eigenvalue weighted by Gasteiger charge is -2.41. The van der Waals surface area contributed by atoms with Crippen LogP contribution >= 0.6 is 0 Å². The van der Waals surface area contributed by atoms with Crippen LogP contribution in [-0.2, 0) is 16.9 Å². The number of nitrogens with zero attached hydrogens (tertiary/aromatic N) is 2. The first-order chi connectivity index (χ1) is 10.0. The monoisotopic (exact) mass is 291 g/mol. The fraction of sp³-hybridized carbons (Fsp3) is 0.765. The van der Waals surface area contributed by atoms with Crippen molar-refractivity contribution in [2.45, 2.75) is 65.0 Å². The Morgan fingerprint density at radius 1 is 1.24 bits per heavy atom. The second-order valence-corrected chi connectivity index (χ2v) is 6.91. The minimum absolute atomic E-state index is 0.295. The molecule has 1 fully saturated rings. The van der Waals surface area contributed by atoms with Gasteiger partial charge in [0.25, 0.3) is 0 Å². The van der Waals surface area contributed by atoms with Gasteiger partial charge in [0.15, 0.2) is 5.82 Å². The van der Waals surface area contributed by atoms with Crippen molar-refractivity contribution in [1.29, 1.82) is 0 Å². The highest BCUT2D eigenvalue weighted by atomic mass is 16.5. The Kier molecular flexibility index (Phi) is 5.33. The van der Waals surface area contributed by atoms with Crippen molar-refractivity contribution in [3.05, 3.63) is 23.8 Å². The number of hydrogen-bond acceptors (Lipinski definition) is 4. The summed E-state index contributed by atoms with van der Waals surface area (Å²) in [6.45, 7) is 8.65. The van der Waals surface area contributed by atoms with Crippen molar-refractivity contribution in [2.75, 3.05) is 13.7 Å². The lowest BCUT2D eigenvalue weighted by atomic mass is 9.70. The number of methoxy groups -OCH3 is 1. The first kappa shape index (κ1) is 16.4. The highest BCUT2D eigenvalue weighted by molar-refractivity contribution is 5.10. The van der Waals surface area contributed by atoms with Crippen LogP contribution in [0.3, 0.4) is 0 Å². The van der Waals surface area contributed by atoms with Gasteiger partial charge in [-0.25, -0.2) is 9.97 Å². The standard InChI is InChI=1S/C17H29N3O/c1-5-11-18-13-14-6-12-19-15(20-14)17(21-4)9-7-16(2,3)8-10-17/h6,12,18H,5,7-11,13H2,1-4H3. The summed E-state index contributed by atoms with van der Waals surface area (Å²) in [6.07, 6.45) is 7.32. The Morgan fingerprint density at radius 2 is 1.95 bits per heavy atom. The van der Waals surface area contributed by atoms with Crippen LogP contribution in [0.2, 0.25) is 0 Å². The van der Waals surface area contributed by atoms with Crippen molar-refractivity contribution in [3.8, 4) is 0 Å². The Morgan fingerprint density at radius 3 is 2.57 bits per heavy atom. The summed E-state index contributed by atoms with van der Waals surface area (Å²) in [5, 5.41) is 3.39. The second kappa shape index (κ2) is 6.84. The molecule has 1 aromatic rings. The van der Waals surface area contributed by atoms with Crippen LogP contribution in [0.25, 0.3) is 0 Å². The maximum Gasteiger partial charge on any atom is 0.160 e. The molecule has 0 unspecified atom stereocenters. The number of ether oxygens (including phenoxy) is 1. The van der Waals surface area contributed by atoms with Gasteiger partial charge < -0.3 is 10.1 Å². The molecule has 0 aliphatic heterocycles. The molecule has 1 saturated carbocycles. The summed E-state index contributed by atoms with van der Waals surface area (Å²) in [7, 11) is 1.80. The molecule has 4 heteroatoms. The van der Waals surface area contributed by atoms with Gasteiger partial charge in [-0.3, -0.25) is 0 Å². The molecule has 4 nitrogen and oxygen atoms in total. The van der Waals surface area contributed by atoms with Gasteiger partial charge in [0.2, 0.25) is 0 Å². The van der Waals surface area contributed by atoms with Gasteiger partial charge in [-0.05, 0) is 50.1 Å². The zero-order chi connectivity index (χ0) is 15.3. The number of nitrogens with one attached hydrogen (secondary N) is 1. The van der Waals surface area contributed by atoms with E-state index >= 15 is 0 Å². The fourth-order valence-electron chi connectivity index (χ4n) is 2.96. The van der Waals surface area contributed by atoms with Gasteiger partial charge in [0, 0.05) is 19.9 Å². The molecule has 0 aromatic carbocycles. The number of rotatable bonds is 6. The maximum absolute atomic E-state index is 5.89. The van der Waals surface area contributed by atoms with Gasteiger partial charge >= 0.3 is 0 Å². The highest BCUT2D eigenvalue weighted by Gasteiger charge is 2.42. The molecule has 0 saturated heterocycles. The molecule has 0 spiro atoms. The molecule has 0 bridgehead atoms. The highest BCUT2D eigenvalue weighted by Crippen LogP contribution is 2.45. The van der Waals surface area contributed by atoms with Gasteiger partial charge in [-0.1, -0.05) is 20.8 Å². The Hall–Kier alpha value is -1.00. The van der Waals surface area contributed by atoms with Gasteiger partial charge in [-0.2, -0.15) is 0 Å². The molecule has 21 heavy (non-hydrogen) atoms. The molecule has 1 N–H and O–H groups in total. The average molecular weight is 291 g/mol. The zero-order valence-corrected chi connectivity index (χ0v) is 13.9. The fourth-order valence-corrected chi connectivity index (χ4v) is 2.96. The summed E-state index contributed by atoms with van der Waals surface area (Å²) in [5.74, 6) is 0.858. The lowest BCUT2D eigenvalue weighted by Crippen LogP contribution is -2.38. The molecule has 1 aromatic heterocycles. The molecule has 118 valence electrons. The molecule has 1 aliphatic carbocycles. The molecule has 0 amide bonds. The van der Waals surface area contributed by atoms with E-state index in [2.05, 4.69) is 31.1 Å². The van der Waals surface area contributed by atoms with E-state index in [0.717, 1.165) is 56.7 Å². The number of aromatic nitrogens is 2. The summed E-state index contributed by atoms with van der Waals surface area (Å²) in [6, 6.07) is 1.99.